The van der Waals surface area contributed by atoms with Gasteiger partial charge in [0.2, 0.25) is 10.0 Å². The molecule has 1 heterocycles. The number of nitrogens with one attached hydrogen (secondary N) is 2. The number of carbonyl (C=O) groups excluding carboxylic acids is 1. The Morgan fingerprint density at radius 2 is 1.85 bits per heavy atom. The van der Waals surface area contributed by atoms with E-state index in [1.807, 2.05) is 6.07 Å². The lowest BCUT2D eigenvalue weighted by molar-refractivity contribution is -0.137. The highest BCUT2D eigenvalue weighted by atomic mass is 32.2. The average Bonchev–Trinajstić information content (AvgIpc) is 3.06. The zero-order chi connectivity index (χ0) is 19.2. The molecule has 3 N–H and O–H groups in total. The Balaban J connectivity index is 2.06. The van der Waals surface area contributed by atoms with Crippen molar-refractivity contribution in [2.45, 2.75) is 25.4 Å². The second-order valence-corrected chi connectivity index (χ2v) is 7.56. The Labute approximate surface area is 151 Å². The molecule has 0 saturated carbocycles. The highest BCUT2D eigenvalue weighted by Gasteiger charge is 2.19. The minimum Gasteiger partial charge on any atom is -0.481 e. The van der Waals surface area contributed by atoms with E-state index in [2.05, 4.69) is 10.0 Å². The van der Waals surface area contributed by atoms with Crippen molar-refractivity contribution in [3.05, 3.63) is 59.5 Å². The lowest BCUT2D eigenvalue weighted by Crippen LogP contribution is -2.28. The van der Waals surface area contributed by atoms with E-state index in [9.17, 15) is 18.0 Å². The predicted octanol–water partition coefficient (Wildman–Crippen LogP) is 1.66. The summed E-state index contributed by atoms with van der Waals surface area (Å²) in [4.78, 5) is 23.3. The summed E-state index contributed by atoms with van der Waals surface area (Å²) < 4.78 is 29.8. The van der Waals surface area contributed by atoms with Crippen LogP contribution in [-0.4, -0.2) is 31.7 Å². The molecule has 1 aromatic carbocycles. The normalized spacial score (nSPS) is 12.5. The molecule has 1 aromatic heterocycles. The maximum atomic E-state index is 12.4. The molecule has 0 aliphatic rings. The van der Waals surface area contributed by atoms with E-state index in [1.165, 1.54) is 12.1 Å². The Bertz CT molecular complexity index is 860. The van der Waals surface area contributed by atoms with Crippen LogP contribution in [0.4, 0.5) is 0 Å². The molecule has 2 aromatic rings. The largest absolute Gasteiger partial charge is 0.481 e. The first kappa shape index (κ1) is 19.7. The van der Waals surface area contributed by atoms with Crippen LogP contribution in [0.5, 0.6) is 0 Å². The van der Waals surface area contributed by atoms with Gasteiger partial charge >= 0.3 is 5.97 Å². The summed E-state index contributed by atoms with van der Waals surface area (Å²) in [7, 11) is -3.37. The fraction of sp³-hybridized carbons (Fsp3) is 0.294. The van der Waals surface area contributed by atoms with E-state index in [1.54, 1.807) is 24.3 Å². The van der Waals surface area contributed by atoms with Gasteiger partial charge in [0.25, 0.3) is 5.91 Å². The molecule has 8 nitrogen and oxygen atoms in total. The zero-order valence-electron chi connectivity index (χ0n) is 14.1. The summed E-state index contributed by atoms with van der Waals surface area (Å²) in [6.07, 6.45) is 1.16. The van der Waals surface area contributed by atoms with Crippen molar-refractivity contribution in [1.29, 1.82) is 0 Å². The highest BCUT2D eigenvalue weighted by Crippen LogP contribution is 2.19. The van der Waals surface area contributed by atoms with Gasteiger partial charge in [-0.15, -0.1) is 0 Å². The van der Waals surface area contributed by atoms with Crippen LogP contribution >= 0.6 is 0 Å². The van der Waals surface area contributed by atoms with E-state index in [4.69, 9.17) is 9.52 Å². The number of amides is 1. The van der Waals surface area contributed by atoms with E-state index in [0.717, 1.165) is 11.8 Å². The van der Waals surface area contributed by atoms with Crippen LogP contribution in [0.25, 0.3) is 0 Å². The molecule has 0 radical (unpaired) electrons. The number of hydrogen-bond donors (Lipinski definition) is 3. The molecule has 0 aliphatic heterocycles. The molecule has 1 amide bonds. The molecule has 26 heavy (non-hydrogen) atoms. The molecule has 0 spiro atoms. The van der Waals surface area contributed by atoms with Gasteiger partial charge in [-0.2, -0.15) is 0 Å². The molecule has 1 atom stereocenters. The van der Waals surface area contributed by atoms with Crippen LogP contribution in [0.2, 0.25) is 0 Å². The summed E-state index contributed by atoms with van der Waals surface area (Å²) in [5.74, 6) is -1.14. The first-order valence-electron chi connectivity index (χ1n) is 7.85. The summed E-state index contributed by atoms with van der Waals surface area (Å²) in [5, 5.41) is 11.7. The van der Waals surface area contributed by atoms with Gasteiger partial charge in [0.1, 0.15) is 5.76 Å². The van der Waals surface area contributed by atoms with Gasteiger partial charge in [-0.25, -0.2) is 13.1 Å². The summed E-state index contributed by atoms with van der Waals surface area (Å²) >= 11 is 0. The monoisotopic (exact) mass is 380 g/mol. The van der Waals surface area contributed by atoms with Crippen molar-refractivity contribution in [3.8, 4) is 0 Å². The van der Waals surface area contributed by atoms with Crippen molar-refractivity contribution in [1.82, 2.24) is 10.0 Å². The van der Waals surface area contributed by atoms with E-state index >= 15 is 0 Å². The summed E-state index contributed by atoms with van der Waals surface area (Å²) in [6, 6.07) is 11.5. The van der Waals surface area contributed by atoms with Crippen molar-refractivity contribution >= 4 is 21.9 Å². The number of furan rings is 1. The smallest absolute Gasteiger partial charge is 0.303 e. The quantitative estimate of drug-likeness (QED) is 0.607. The number of aliphatic carboxylic acids is 1. The minimum atomic E-state index is -3.37. The first-order chi connectivity index (χ1) is 12.2. The summed E-state index contributed by atoms with van der Waals surface area (Å²) in [6.45, 7) is -0.0623. The van der Waals surface area contributed by atoms with E-state index in [0.29, 0.717) is 5.76 Å². The number of carboxylic acids is 1. The second-order valence-electron chi connectivity index (χ2n) is 5.73. The van der Waals surface area contributed by atoms with Crippen molar-refractivity contribution in [3.63, 3.8) is 0 Å². The SMILES string of the molecule is CS(=O)(=O)NCc1ccc(C(=O)NC(CCC(=O)O)c2ccccc2)o1. The molecule has 0 fully saturated rings. The third kappa shape index (κ3) is 6.34. The third-order valence-corrected chi connectivity index (χ3v) is 4.22. The number of rotatable bonds is 9. The topological polar surface area (TPSA) is 126 Å². The van der Waals surface area contributed by atoms with Gasteiger partial charge in [0.05, 0.1) is 18.8 Å². The molecule has 2 rings (SSSR count). The van der Waals surface area contributed by atoms with Crippen LogP contribution in [0.15, 0.2) is 46.9 Å². The fourth-order valence-corrected chi connectivity index (χ4v) is 2.71. The van der Waals surface area contributed by atoms with Crippen LogP contribution in [0, 0.1) is 0 Å². The van der Waals surface area contributed by atoms with Gasteiger partial charge in [-0.1, -0.05) is 30.3 Å². The second kappa shape index (κ2) is 8.63. The van der Waals surface area contributed by atoms with Gasteiger partial charge in [0, 0.05) is 6.42 Å². The Kier molecular flexibility index (Phi) is 6.53. The standard InChI is InChI=1S/C17H20N2O6S/c1-26(23,24)18-11-13-7-9-15(25-13)17(22)19-14(8-10-16(20)21)12-5-3-2-4-6-12/h2-7,9,14,18H,8,10-11H2,1H3,(H,19,22)(H,20,21). The highest BCUT2D eigenvalue weighted by molar-refractivity contribution is 7.88. The fourth-order valence-electron chi connectivity index (χ4n) is 2.30. The summed E-state index contributed by atoms with van der Waals surface area (Å²) in [5.41, 5.74) is 0.785. The number of sulfonamides is 1. The van der Waals surface area contributed by atoms with Gasteiger partial charge < -0.3 is 14.8 Å². The predicted molar refractivity (Wildman–Crippen MR) is 93.9 cm³/mol. The molecule has 0 aliphatic carbocycles. The van der Waals surface area contributed by atoms with Gasteiger partial charge in [0.15, 0.2) is 5.76 Å². The van der Waals surface area contributed by atoms with Crippen LogP contribution in [0.1, 0.15) is 40.8 Å². The Morgan fingerprint density at radius 3 is 2.46 bits per heavy atom. The molecule has 1 unspecified atom stereocenters. The molecule has 0 bridgehead atoms. The number of benzene rings is 1. The Hall–Kier alpha value is -2.65. The van der Waals surface area contributed by atoms with Crippen molar-refractivity contribution < 1.29 is 27.5 Å². The molecule has 9 heteroatoms. The van der Waals surface area contributed by atoms with E-state index < -0.39 is 27.9 Å². The van der Waals surface area contributed by atoms with Crippen molar-refractivity contribution in [2.24, 2.45) is 0 Å². The lowest BCUT2D eigenvalue weighted by atomic mass is 10.0. The third-order valence-electron chi connectivity index (χ3n) is 3.55. The first-order valence-corrected chi connectivity index (χ1v) is 9.74. The maximum absolute atomic E-state index is 12.4. The minimum absolute atomic E-state index is 0.0200. The van der Waals surface area contributed by atoms with Crippen molar-refractivity contribution in [2.75, 3.05) is 6.26 Å². The average molecular weight is 380 g/mol. The molecule has 0 saturated heterocycles. The van der Waals surface area contributed by atoms with Crippen LogP contribution in [0.3, 0.4) is 0 Å². The maximum Gasteiger partial charge on any atom is 0.303 e. The van der Waals surface area contributed by atoms with Gasteiger partial charge in [-0.3, -0.25) is 9.59 Å². The lowest BCUT2D eigenvalue weighted by Gasteiger charge is -2.17. The molecular weight excluding hydrogens is 360 g/mol. The molecular formula is C17H20N2O6S. The van der Waals surface area contributed by atoms with Crippen LogP contribution < -0.4 is 10.0 Å². The number of carbonyl (C=O) groups is 2. The molecule has 140 valence electrons. The number of hydrogen-bond acceptors (Lipinski definition) is 5. The van der Waals surface area contributed by atoms with Crippen LogP contribution in [-0.2, 0) is 21.4 Å². The van der Waals surface area contributed by atoms with E-state index in [-0.39, 0.29) is 25.1 Å². The Morgan fingerprint density at radius 1 is 1.15 bits per heavy atom. The van der Waals surface area contributed by atoms with Gasteiger partial charge in [-0.05, 0) is 24.1 Å². The zero-order valence-corrected chi connectivity index (χ0v) is 15.0. The number of carboxylic acid groups (broad SMARTS) is 1.